The fourth-order valence-corrected chi connectivity index (χ4v) is 2.69. The molecule has 1 aliphatic rings. The second-order valence-electron chi connectivity index (χ2n) is 5.53. The van der Waals surface area contributed by atoms with Crippen LogP contribution in [0, 0.1) is 6.92 Å². The first-order valence-corrected chi connectivity index (χ1v) is 6.95. The predicted octanol–water partition coefficient (Wildman–Crippen LogP) is 3.02. The molecule has 1 heterocycles. The molecule has 20 heavy (non-hydrogen) atoms. The second-order valence-corrected chi connectivity index (χ2v) is 5.53. The van der Waals surface area contributed by atoms with Crippen LogP contribution >= 0.6 is 0 Å². The summed E-state index contributed by atoms with van der Waals surface area (Å²) >= 11 is 0. The molecule has 1 atom stereocenters. The van der Waals surface area contributed by atoms with Crippen LogP contribution in [0.25, 0.3) is 0 Å². The quantitative estimate of drug-likeness (QED) is 0.870. The van der Waals surface area contributed by atoms with Crippen molar-refractivity contribution in [3.63, 3.8) is 0 Å². The molecule has 3 rings (SSSR count). The highest BCUT2D eigenvalue weighted by Crippen LogP contribution is 2.30. The minimum absolute atomic E-state index is 0.217. The van der Waals surface area contributed by atoms with Gasteiger partial charge in [0.2, 0.25) is 0 Å². The van der Waals surface area contributed by atoms with Crippen LogP contribution in [0.15, 0.2) is 42.5 Å². The van der Waals surface area contributed by atoms with Gasteiger partial charge in [0.1, 0.15) is 11.9 Å². The molecule has 0 amide bonds. The molecule has 0 saturated heterocycles. The maximum atomic E-state index is 6.01. The summed E-state index contributed by atoms with van der Waals surface area (Å²) in [5, 5.41) is 0. The first-order valence-electron chi connectivity index (χ1n) is 6.95. The van der Waals surface area contributed by atoms with E-state index in [0.717, 1.165) is 30.1 Å². The Labute approximate surface area is 120 Å². The van der Waals surface area contributed by atoms with Gasteiger partial charge in [-0.1, -0.05) is 17.7 Å². The van der Waals surface area contributed by atoms with Gasteiger partial charge in [-0.2, -0.15) is 0 Å². The van der Waals surface area contributed by atoms with Crippen LogP contribution in [0.5, 0.6) is 5.75 Å². The second kappa shape index (κ2) is 5.08. The van der Waals surface area contributed by atoms with Gasteiger partial charge >= 0.3 is 0 Å². The van der Waals surface area contributed by atoms with E-state index in [1.54, 1.807) is 0 Å². The summed E-state index contributed by atoms with van der Waals surface area (Å²) in [6, 6.07) is 14.3. The van der Waals surface area contributed by atoms with E-state index in [9.17, 15) is 0 Å². The standard InChI is InChI=1S/C17H20N2O/c1-12-3-8-17-13(9-12)10-16(20-17)11-19(2)15-6-4-14(18)5-7-15/h3-9,16H,10-11,18H2,1-2H3. The van der Waals surface area contributed by atoms with E-state index in [0.29, 0.717) is 0 Å². The van der Waals surface area contributed by atoms with Crippen LogP contribution in [0.1, 0.15) is 11.1 Å². The molecule has 1 unspecified atom stereocenters. The van der Waals surface area contributed by atoms with E-state index in [4.69, 9.17) is 10.5 Å². The maximum Gasteiger partial charge on any atom is 0.123 e. The molecule has 104 valence electrons. The summed E-state index contributed by atoms with van der Waals surface area (Å²) in [7, 11) is 2.09. The normalized spacial score (nSPS) is 16.6. The molecule has 0 fully saturated rings. The number of fused-ring (bicyclic) bond motifs is 1. The SMILES string of the molecule is Cc1ccc2c(c1)CC(CN(C)c1ccc(N)cc1)O2. The summed E-state index contributed by atoms with van der Waals surface area (Å²) in [5.74, 6) is 1.03. The number of aryl methyl sites for hydroxylation is 1. The molecular weight excluding hydrogens is 248 g/mol. The van der Waals surface area contributed by atoms with E-state index in [-0.39, 0.29) is 6.10 Å². The lowest BCUT2D eigenvalue weighted by Gasteiger charge is -2.23. The zero-order valence-corrected chi connectivity index (χ0v) is 12.0. The van der Waals surface area contributed by atoms with Gasteiger partial charge < -0.3 is 15.4 Å². The molecule has 0 aromatic heterocycles. The number of rotatable bonds is 3. The zero-order chi connectivity index (χ0) is 14.1. The molecule has 0 radical (unpaired) electrons. The Bertz CT molecular complexity index is 607. The molecule has 0 bridgehead atoms. The number of ether oxygens (including phenoxy) is 1. The topological polar surface area (TPSA) is 38.5 Å². The minimum atomic E-state index is 0.217. The van der Waals surface area contributed by atoms with Gasteiger partial charge in [0.15, 0.2) is 0 Å². The third-order valence-electron chi connectivity index (χ3n) is 3.77. The van der Waals surface area contributed by atoms with Gasteiger partial charge in [-0.05, 0) is 42.8 Å². The monoisotopic (exact) mass is 268 g/mol. The fraction of sp³-hybridized carbons (Fsp3) is 0.294. The van der Waals surface area contributed by atoms with Crippen molar-refractivity contribution in [2.24, 2.45) is 0 Å². The van der Waals surface area contributed by atoms with Gasteiger partial charge in [0.05, 0.1) is 6.54 Å². The number of benzene rings is 2. The highest BCUT2D eigenvalue weighted by atomic mass is 16.5. The molecule has 0 spiro atoms. The molecule has 0 saturated carbocycles. The van der Waals surface area contributed by atoms with Crippen LogP contribution in [0.4, 0.5) is 11.4 Å². The van der Waals surface area contributed by atoms with Crippen LogP contribution < -0.4 is 15.4 Å². The molecule has 3 heteroatoms. The summed E-state index contributed by atoms with van der Waals surface area (Å²) in [6.07, 6.45) is 1.20. The van der Waals surface area contributed by atoms with Crippen LogP contribution in [-0.2, 0) is 6.42 Å². The Morgan fingerprint density at radius 1 is 1.20 bits per heavy atom. The average Bonchev–Trinajstić information content (AvgIpc) is 2.80. The van der Waals surface area contributed by atoms with Crippen LogP contribution in [0.2, 0.25) is 0 Å². The van der Waals surface area contributed by atoms with Crippen molar-refractivity contribution in [2.75, 3.05) is 24.2 Å². The number of nitrogens with zero attached hydrogens (tertiary/aromatic N) is 1. The van der Waals surface area contributed by atoms with Gasteiger partial charge in [0.25, 0.3) is 0 Å². The summed E-state index contributed by atoms with van der Waals surface area (Å²) in [6.45, 7) is 2.99. The number of likely N-dealkylation sites (N-methyl/N-ethyl adjacent to an activating group) is 1. The average molecular weight is 268 g/mol. The molecule has 3 nitrogen and oxygen atoms in total. The molecule has 1 aliphatic heterocycles. The van der Waals surface area contributed by atoms with Gasteiger partial charge in [-0.3, -0.25) is 0 Å². The Morgan fingerprint density at radius 3 is 2.70 bits per heavy atom. The Morgan fingerprint density at radius 2 is 1.95 bits per heavy atom. The number of hydrogen-bond donors (Lipinski definition) is 1. The van der Waals surface area contributed by atoms with Crippen molar-refractivity contribution >= 4 is 11.4 Å². The number of anilines is 2. The van der Waals surface area contributed by atoms with E-state index >= 15 is 0 Å². The lowest BCUT2D eigenvalue weighted by Crippen LogP contribution is -2.31. The van der Waals surface area contributed by atoms with E-state index in [1.165, 1.54) is 11.1 Å². The lowest BCUT2D eigenvalue weighted by atomic mass is 10.1. The molecule has 2 aromatic rings. The highest BCUT2D eigenvalue weighted by molar-refractivity contribution is 5.53. The molecular formula is C17H20N2O. The van der Waals surface area contributed by atoms with Crippen molar-refractivity contribution in [2.45, 2.75) is 19.4 Å². The van der Waals surface area contributed by atoms with Gasteiger partial charge in [-0.15, -0.1) is 0 Å². The molecule has 0 aliphatic carbocycles. The van der Waals surface area contributed by atoms with Gasteiger partial charge in [-0.25, -0.2) is 0 Å². The number of nitrogen functional groups attached to an aromatic ring is 1. The Kier molecular flexibility index (Phi) is 3.26. The lowest BCUT2D eigenvalue weighted by molar-refractivity contribution is 0.239. The highest BCUT2D eigenvalue weighted by Gasteiger charge is 2.24. The van der Waals surface area contributed by atoms with Crippen molar-refractivity contribution in [3.8, 4) is 5.75 Å². The Hall–Kier alpha value is -2.16. The van der Waals surface area contributed by atoms with Gasteiger partial charge in [0, 0.05) is 24.8 Å². The molecule has 2 N–H and O–H groups in total. The van der Waals surface area contributed by atoms with Crippen molar-refractivity contribution in [1.29, 1.82) is 0 Å². The van der Waals surface area contributed by atoms with Crippen molar-refractivity contribution in [3.05, 3.63) is 53.6 Å². The third kappa shape index (κ3) is 2.57. The minimum Gasteiger partial charge on any atom is -0.488 e. The predicted molar refractivity (Wildman–Crippen MR) is 83.4 cm³/mol. The number of nitrogens with two attached hydrogens (primary N) is 1. The zero-order valence-electron chi connectivity index (χ0n) is 12.0. The third-order valence-corrected chi connectivity index (χ3v) is 3.77. The Balaban J connectivity index is 1.67. The van der Waals surface area contributed by atoms with E-state index < -0.39 is 0 Å². The first-order chi connectivity index (χ1) is 9.61. The van der Waals surface area contributed by atoms with Crippen molar-refractivity contribution < 1.29 is 4.74 Å². The maximum absolute atomic E-state index is 6.01. The largest absolute Gasteiger partial charge is 0.488 e. The van der Waals surface area contributed by atoms with Crippen LogP contribution in [-0.4, -0.2) is 19.7 Å². The van der Waals surface area contributed by atoms with Crippen molar-refractivity contribution in [1.82, 2.24) is 0 Å². The summed E-state index contributed by atoms with van der Waals surface area (Å²) < 4.78 is 6.01. The number of hydrogen-bond acceptors (Lipinski definition) is 3. The van der Waals surface area contributed by atoms with Crippen LogP contribution in [0.3, 0.4) is 0 Å². The van der Waals surface area contributed by atoms with E-state index in [1.807, 2.05) is 24.3 Å². The fourth-order valence-electron chi connectivity index (χ4n) is 2.69. The molecule has 2 aromatic carbocycles. The smallest absolute Gasteiger partial charge is 0.123 e. The summed E-state index contributed by atoms with van der Waals surface area (Å²) in [5.41, 5.74) is 10.3. The summed E-state index contributed by atoms with van der Waals surface area (Å²) in [4.78, 5) is 2.21. The first kappa shape index (κ1) is 12.9. The van der Waals surface area contributed by atoms with E-state index in [2.05, 4.69) is 37.1 Å².